The van der Waals surface area contributed by atoms with Crippen LogP contribution in [0.5, 0.6) is 0 Å². The van der Waals surface area contributed by atoms with Gasteiger partial charge in [0, 0.05) is 18.7 Å². The molecule has 0 unspecified atom stereocenters. The number of nitrogens with one attached hydrogen (secondary N) is 2. The first kappa shape index (κ1) is 11.5. The molecule has 1 saturated carbocycles. The first-order chi connectivity index (χ1) is 7.19. The molecular weight excluding hydrogens is 190 g/mol. The van der Waals surface area contributed by atoms with Crippen LogP contribution < -0.4 is 10.6 Å². The molecule has 1 aliphatic carbocycles. The van der Waals surface area contributed by atoms with E-state index in [9.17, 15) is 4.79 Å². The second kappa shape index (κ2) is 5.34. The first-order valence-electron chi connectivity index (χ1n) is 5.11. The summed E-state index contributed by atoms with van der Waals surface area (Å²) < 4.78 is 0. The van der Waals surface area contributed by atoms with Crippen molar-refractivity contribution in [1.82, 2.24) is 10.6 Å². The van der Waals surface area contributed by atoms with Gasteiger partial charge in [-0.25, -0.2) is 4.99 Å². The van der Waals surface area contributed by atoms with Crippen molar-refractivity contribution in [3.05, 3.63) is 25.1 Å². The minimum Gasteiger partial charge on any atom is -0.383 e. The Morgan fingerprint density at radius 2 is 2.27 bits per heavy atom. The predicted molar refractivity (Wildman–Crippen MR) is 61.3 cm³/mol. The quantitative estimate of drug-likeness (QED) is 0.525. The second-order valence-electron chi connectivity index (χ2n) is 3.43. The number of nitrogens with zero attached hydrogens (tertiary/aromatic N) is 1. The number of amides is 1. The highest BCUT2D eigenvalue weighted by Gasteiger charge is 2.30. The molecule has 4 nitrogen and oxygen atoms in total. The SMILES string of the molecule is C=C/N=C(/NC(=O)C1CC1)C(=C)NCC. The van der Waals surface area contributed by atoms with Gasteiger partial charge in [-0.05, 0) is 19.8 Å². The van der Waals surface area contributed by atoms with Gasteiger partial charge in [0.1, 0.15) is 0 Å². The summed E-state index contributed by atoms with van der Waals surface area (Å²) in [6, 6.07) is 0. The predicted octanol–water partition coefficient (Wildman–Crippen LogP) is 1.18. The normalized spacial score (nSPS) is 15.7. The first-order valence-corrected chi connectivity index (χ1v) is 5.11. The highest BCUT2D eigenvalue weighted by molar-refractivity contribution is 6.08. The van der Waals surface area contributed by atoms with Crippen molar-refractivity contribution < 1.29 is 4.79 Å². The van der Waals surface area contributed by atoms with Gasteiger partial charge >= 0.3 is 0 Å². The fraction of sp³-hybridized carbons (Fsp3) is 0.455. The van der Waals surface area contributed by atoms with Crippen LogP contribution in [0.2, 0.25) is 0 Å². The Bertz CT molecular complexity index is 303. The molecule has 0 aromatic rings. The summed E-state index contributed by atoms with van der Waals surface area (Å²) >= 11 is 0. The van der Waals surface area contributed by atoms with Gasteiger partial charge in [0.25, 0.3) is 0 Å². The van der Waals surface area contributed by atoms with E-state index in [0.29, 0.717) is 11.5 Å². The van der Waals surface area contributed by atoms with Crippen molar-refractivity contribution in [3.8, 4) is 0 Å². The van der Waals surface area contributed by atoms with E-state index in [0.717, 1.165) is 19.4 Å². The van der Waals surface area contributed by atoms with E-state index in [-0.39, 0.29) is 11.8 Å². The Morgan fingerprint density at radius 3 is 2.73 bits per heavy atom. The molecule has 0 atom stereocenters. The molecule has 0 bridgehead atoms. The van der Waals surface area contributed by atoms with E-state index >= 15 is 0 Å². The molecule has 0 spiro atoms. The van der Waals surface area contributed by atoms with Gasteiger partial charge in [0.15, 0.2) is 5.84 Å². The largest absolute Gasteiger partial charge is 0.383 e. The fourth-order valence-corrected chi connectivity index (χ4v) is 1.14. The topological polar surface area (TPSA) is 53.5 Å². The highest BCUT2D eigenvalue weighted by Crippen LogP contribution is 2.28. The fourth-order valence-electron chi connectivity index (χ4n) is 1.14. The zero-order valence-electron chi connectivity index (χ0n) is 9.05. The second-order valence-corrected chi connectivity index (χ2v) is 3.43. The molecule has 15 heavy (non-hydrogen) atoms. The summed E-state index contributed by atoms with van der Waals surface area (Å²) in [6.07, 6.45) is 3.34. The van der Waals surface area contributed by atoms with Crippen LogP contribution in [0.15, 0.2) is 30.0 Å². The van der Waals surface area contributed by atoms with E-state index < -0.39 is 0 Å². The lowest BCUT2D eigenvalue weighted by Crippen LogP contribution is -2.36. The Morgan fingerprint density at radius 1 is 1.60 bits per heavy atom. The smallest absolute Gasteiger partial charge is 0.228 e. The Kier molecular flexibility index (Phi) is 4.09. The number of aliphatic imine (C=N–C) groups is 1. The van der Waals surface area contributed by atoms with Gasteiger partial charge < -0.3 is 10.6 Å². The third kappa shape index (κ3) is 3.58. The molecule has 4 heteroatoms. The molecular formula is C11H17N3O. The van der Waals surface area contributed by atoms with Crippen molar-refractivity contribution in [1.29, 1.82) is 0 Å². The van der Waals surface area contributed by atoms with Crippen LogP contribution in [-0.2, 0) is 4.79 Å². The molecule has 0 aromatic heterocycles. The highest BCUT2D eigenvalue weighted by atomic mass is 16.2. The summed E-state index contributed by atoms with van der Waals surface area (Å²) in [7, 11) is 0. The molecule has 82 valence electrons. The van der Waals surface area contributed by atoms with Crippen molar-refractivity contribution in [3.63, 3.8) is 0 Å². The number of rotatable bonds is 5. The Balaban J connectivity index is 2.56. The van der Waals surface area contributed by atoms with Gasteiger partial charge in [-0.15, -0.1) is 0 Å². The van der Waals surface area contributed by atoms with Crippen LogP contribution in [0.3, 0.4) is 0 Å². The lowest BCUT2D eigenvalue weighted by atomic mass is 10.3. The van der Waals surface area contributed by atoms with Crippen LogP contribution >= 0.6 is 0 Å². The average Bonchev–Trinajstić information content (AvgIpc) is 3.00. The molecule has 0 saturated heterocycles. The van der Waals surface area contributed by atoms with Crippen LogP contribution in [0, 0.1) is 5.92 Å². The molecule has 1 aliphatic rings. The van der Waals surface area contributed by atoms with Crippen LogP contribution in [-0.4, -0.2) is 18.3 Å². The molecule has 2 N–H and O–H groups in total. The molecule has 1 amide bonds. The van der Waals surface area contributed by atoms with E-state index in [1.165, 1.54) is 6.20 Å². The zero-order valence-corrected chi connectivity index (χ0v) is 9.05. The van der Waals surface area contributed by atoms with Gasteiger partial charge in [0.2, 0.25) is 5.91 Å². The van der Waals surface area contributed by atoms with Gasteiger partial charge in [-0.2, -0.15) is 0 Å². The minimum atomic E-state index is 0.0228. The number of carbonyl (C=O) groups is 1. The van der Waals surface area contributed by atoms with Crippen molar-refractivity contribution in [2.45, 2.75) is 19.8 Å². The number of hydrogen-bond acceptors (Lipinski definition) is 3. The van der Waals surface area contributed by atoms with Crippen molar-refractivity contribution >= 4 is 11.7 Å². The number of carbonyl (C=O) groups excluding carboxylic acids is 1. The molecule has 0 heterocycles. The molecule has 1 rings (SSSR count). The lowest BCUT2D eigenvalue weighted by molar-refractivity contribution is -0.120. The maximum atomic E-state index is 11.5. The van der Waals surface area contributed by atoms with E-state index in [2.05, 4.69) is 28.8 Å². The number of likely N-dealkylation sites (N-methyl/N-ethyl adjacent to an activating group) is 1. The minimum absolute atomic E-state index is 0.0228. The lowest BCUT2D eigenvalue weighted by Gasteiger charge is -2.11. The molecule has 0 aromatic carbocycles. The van der Waals surface area contributed by atoms with Crippen LogP contribution in [0.25, 0.3) is 0 Å². The Hall–Kier alpha value is -1.58. The standard InChI is InChI=1S/C11H17N3O/c1-4-12-8(3)10(13-5-2)14-11(15)9-6-7-9/h5,9,12H,2-4,6-7H2,1H3,(H,13,14,15). The van der Waals surface area contributed by atoms with E-state index in [1.807, 2.05) is 6.92 Å². The van der Waals surface area contributed by atoms with Gasteiger partial charge in [0.05, 0.1) is 5.70 Å². The van der Waals surface area contributed by atoms with E-state index in [1.54, 1.807) is 0 Å². The van der Waals surface area contributed by atoms with Crippen molar-refractivity contribution in [2.75, 3.05) is 6.54 Å². The zero-order chi connectivity index (χ0) is 11.3. The summed E-state index contributed by atoms with van der Waals surface area (Å²) in [5.41, 5.74) is 0.617. The average molecular weight is 207 g/mol. The monoisotopic (exact) mass is 207 g/mol. The number of hydrogen-bond donors (Lipinski definition) is 2. The molecule has 0 radical (unpaired) electrons. The van der Waals surface area contributed by atoms with Crippen LogP contribution in [0.4, 0.5) is 0 Å². The molecule has 1 fully saturated rings. The van der Waals surface area contributed by atoms with Gasteiger partial charge in [-0.1, -0.05) is 13.2 Å². The van der Waals surface area contributed by atoms with E-state index in [4.69, 9.17) is 0 Å². The summed E-state index contributed by atoms with van der Waals surface area (Å²) in [5, 5.41) is 5.75. The van der Waals surface area contributed by atoms with Crippen molar-refractivity contribution in [2.24, 2.45) is 10.9 Å². The summed E-state index contributed by atoms with van der Waals surface area (Å²) in [4.78, 5) is 15.5. The summed E-state index contributed by atoms with van der Waals surface area (Å²) in [5.74, 6) is 0.646. The van der Waals surface area contributed by atoms with Crippen LogP contribution in [0.1, 0.15) is 19.8 Å². The maximum Gasteiger partial charge on any atom is 0.228 e. The third-order valence-electron chi connectivity index (χ3n) is 2.09. The summed E-state index contributed by atoms with van der Waals surface area (Å²) in [6.45, 7) is 10.00. The third-order valence-corrected chi connectivity index (χ3v) is 2.09. The molecule has 0 aliphatic heterocycles. The Labute approximate surface area is 90.2 Å². The maximum absolute atomic E-state index is 11.5. The number of amidine groups is 1. The van der Waals surface area contributed by atoms with Gasteiger partial charge in [-0.3, -0.25) is 4.79 Å².